The number of rotatable bonds is 5. The maximum absolute atomic E-state index is 12.2. The Bertz CT molecular complexity index is 722. The summed E-state index contributed by atoms with van der Waals surface area (Å²) in [6.45, 7) is 3.80. The third kappa shape index (κ3) is 4.65. The fourth-order valence-electron chi connectivity index (χ4n) is 1.82. The highest BCUT2D eigenvalue weighted by Crippen LogP contribution is 2.14. The number of hydrogen-bond acceptors (Lipinski definition) is 2. The van der Waals surface area contributed by atoms with Crippen LogP contribution in [0.15, 0.2) is 70.2 Å². The molecule has 114 valence electrons. The predicted molar refractivity (Wildman–Crippen MR) is 91.8 cm³/mol. The summed E-state index contributed by atoms with van der Waals surface area (Å²) < 4.78 is 22.1. The molecule has 0 amide bonds. The molecule has 0 bridgehead atoms. The Morgan fingerprint density at radius 3 is 2.41 bits per heavy atom. The van der Waals surface area contributed by atoms with Crippen LogP contribution in [0.5, 0.6) is 0 Å². The quantitative estimate of drug-likeness (QED) is 0.499. The molecular formula is C17H19N2O2S+. The van der Waals surface area contributed by atoms with Crippen LogP contribution in [0.25, 0.3) is 6.08 Å². The smallest absolute Gasteiger partial charge is 0.158 e. The number of hydrogen-bond donors (Lipinski definition) is 2. The molecule has 0 heterocycles. The summed E-state index contributed by atoms with van der Waals surface area (Å²) >= 11 is 0. The first-order valence-electron chi connectivity index (χ1n) is 6.84. The van der Waals surface area contributed by atoms with Gasteiger partial charge < -0.3 is 0 Å². The van der Waals surface area contributed by atoms with Crippen LogP contribution < -0.4 is 4.83 Å². The molecular weight excluding hydrogens is 296 g/mol. The fourth-order valence-corrected chi connectivity index (χ4v) is 2.63. The van der Waals surface area contributed by atoms with Gasteiger partial charge in [-0.25, -0.2) is 0 Å². The molecule has 1 unspecified atom stereocenters. The van der Waals surface area contributed by atoms with E-state index in [0.717, 1.165) is 16.7 Å². The minimum atomic E-state index is -3.37. The van der Waals surface area contributed by atoms with Crippen LogP contribution in [-0.4, -0.2) is 10.8 Å². The molecule has 0 fully saturated rings. The van der Waals surface area contributed by atoms with E-state index in [1.807, 2.05) is 50.3 Å². The van der Waals surface area contributed by atoms with Gasteiger partial charge in [-0.15, -0.1) is 5.10 Å². The summed E-state index contributed by atoms with van der Waals surface area (Å²) in [6.07, 6.45) is 3.47. The molecule has 4 nitrogen and oxygen atoms in total. The largest absolute Gasteiger partial charge is 0.361 e. The Morgan fingerprint density at radius 2 is 1.77 bits per heavy atom. The van der Waals surface area contributed by atoms with E-state index in [0.29, 0.717) is 4.90 Å². The lowest BCUT2D eigenvalue weighted by Crippen LogP contribution is -2.25. The third-order valence-electron chi connectivity index (χ3n) is 2.98. The Balaban J connectivity index is 2.03. The van der Waals surface area contributed by atoms with Crippen LogP contribution in [0.3, 0.4) is 0 Å². The maximum atomic E-state index is 12.2. The Kier molecular flexibility index (Phi) is 5.25. The lowest BCUT2D eigenvalue weighted by atomic mass is 10.1. The summed E-state index contributed by atoms with van der Waals surface area (Å²) in [6, 6.07) is 16.6. The van der Waals surface area contributed by atoms with Crippen molar-refractivity contribution in [2.24, 2.45) is 5.10 Å². The van der Waals surface area contributed by atoms with Crippen LogP contribution >= 0.6 is 0 Å². The third-order valence-corrected chi connectivity index (χ3v) is 4.24. The summed E-state index contributed by atoms with van der Waals surface area (Å²) in [5.41, 5.74) is 2.96. The van der Waals surface area contributed by atoms with E-state index >= 15 is 0 Å². The first-order valence-corrected chi connectivity index (χ1v) is 8.35. The molecule has 0 aliphatic carbocycles. The standard InChI is InChI=1S/C17H18N2O2S/c1-14-8-10-17(11-9-14)22(20,21)19-18-13-15(2)12-16-6-4-3-5-7-16/h3-13H,1-2H3,(H-,19,20,21)/p+1/b15-12+,18-13+. The Labute approximate surface area is 132 Å². The highest BCUT2D eigenvalue weighted by Gasteiger charge is 2.28. The average Bonchev–Trinajstić information content (AvgIpc) is 2.48. The molecule has 0 saturated carbocycles. The van der Waals surface area contributed by atoms with Crippen molar-refractivity contribution in [3.8, 4) is 0 Å². The second-order valence-corrected chi connectivity index (χ2v) is 6.69. The van der Waals surface area contributed by atoms with Crippen molar-refractivity contribution in [1.82, 2.24) is 4.83 Å². The van der Waals surface area contributed by atoms with Crippen molar-refractivity contribution in [3.63, 3.8) is 0 Å². The van der Waals surface area contributed by atoms with Crippen LogP contribution in [0.4, 0.5) is 0 Å². The molecule has 0 aliphatic rings. The van der Waals surface area contributed by atoms with Crippen molar-refractivity contribution in [3.05, 3.63) is 71.3 Å². The first-order chi connectivity index (χ1) is 10.5. The van der Waals surface area contributed by atoms with Crippen LogP contribution in [0, 0.1) is 6.92 Å². The highest BCUT2D eigenvalue weighted by atomic mass is 32.3. The van der Waals surface area contributed by atoms with Gasteiger partial charge in [0, 0.05) is 0 Å². The van der Waals surface area contributed by atoms with Gasteiger partial charge in [0.05, 0.1) is 6.21 Å². The maximum Gasteiger partial charge on any atom is 0.361 e. The van der Waals surface area contributed by atoms with Gasteiger partial charge in [-0.2, -0.15) is 4.55 Å². The molecule has 22 heavy (non-hydrogen) atoms. The number of nitrogens with zero attached hydrogens (tertiary/aromatic N) is 1. The molecule has 0 saturated heterocycles. The summed E-state index contributed by atoms with van der Waals surface area (Å²) in [4.78, 5) is 2.63. The van der Waals surface area contributed by atoms with Crippen molar-refractivity contribution in [1.29, 1.82) is 0 Å². The second kappa shape index (κ2) is 7.15. The van der Waals surface area contributed by atoms with Gasteiger partial charge >= 0.3 is 10.4 Å². The van der Waals surface area contributed by atoms with Crippen LogP contribution in [0.2, 0.25) is 0 Å². The molecule has 1 atom stereocenters. The summed E-state index contributed by atoms with van der Waals surface area (Å²) in [5.74, 6) is 0. The zero-order valence-corrected chi connectivity index (χ0v) is 13.4. The topological polar surface area (TPSA) is 61.7 Å². The highest BCUT2D eigenvalue weighted by molar-refractivity contribution is 7.95. The molecule has 2 aromatic carbocycles. The van der Waals surface area contributed by atoms with Gasteiger partial charge in [0.25, 0.3) is 0 Å². The molecule has 0 aromatic heterocycles. The summed E-state index contributed by atoms with van der Waals surface area (Å²) in [5, 5.41) is 3.87. The SMILES string of the molecule is CC(/C=N/N[S+](=O)(O)c1ccc(C)cc1)=C\c1ccccc1. The minimum absolute atomic E-state index is 0.306. The Morgan fingerprint density at radius 1 is 1.14 bits per heavy atom. The number of allylic oxidation sites excluding steroid dienone is 1. The monoisotopic (exact) mass is 315 g/mol. The molecule has 2 N–H and O–H groups in total. The van der Waals surface area contributed by atoms with E-state index in [2.05, 4.69) is 9.93 Å². The minimum Gasteiger partial charge on any atom is -0.158 e. The zero-order chi connectivity index (χ0) is 16.0. The molecule has 0 aliphatic heterocycles. The van der Waals surface area contributed by atoms with Crippen molar-refractivity contribution in [2.75, 3.05) is 0 Å². The van der Waals surface area contributed by atoms with E-state index < -0.39 is 10.4 Å². The molecule has 5 heteroatoms. The van der Waals surface area contributed by atoms with Crippen LogP contribution in [-0.2, 0) is 14.6 Å². The average molecular weight is 315 g/mol. The van der Waals surface area contributed by atoms with Gasteiger partial charge in [0.1, 0.15) is 0 Å². The van der Waals surface area contributed by atoms with E-state index in [1.54, 1.807) is 24.3 Å². The van der Waals surface area contributed by atoms with Gasteiger partial charge in [0.2, 0.25) is 4.90 Å². The molecule has 2 aromatic rings. The van der Waals surface area contributed by atoms with Gasteiger partial charge in [-0.1, -0.05) is 58.9 Å². The van der Waals surface area contributed by atoms with Gasteiger partial charge in [-0.3, -0.25) is 0 Å². The molecule has 2 rings (SSSR count). The fraction of sp³-hybridized carbons (Fsp3) is 0.118. The van der Waals surface area contributed by atoms with Crippen molar-refractivity contribution >= 4 is 22.7 Å². The normalized spacial score (nSPS) is 14.8. The van der Waals surface area contributed by atoms with Gasteiger partial charge in [-0.05, 0) is 41.3 Å². The van der Waals surface area contributed by atoms with Gasteiger partial charge in [0.15, 0.2) is 0 Å². The molecule has 0 radical (unpaired) electrons. The number of benzene rings is 2. The molecule has 0 spiro atoms. The van der Waals surface area contributed by atoms with Crippen molar-refractivity contribution < 1.29 is 8.76 Å². The van der Waals surface area contributed by atoms with E-state index in [4.69, 9.17) is 0 Å². The van der Waals surface area contributed by atoms with E-state index in [9.17, 15) is 8.76 Å². The number of nitrogens with one attached hydrogen (secondary N) is 1. The van der Waals surface area contributed by atoms with E-state index in [1.165, 1.54) is 6.21 Å². The number of aryl methyl sites for hydroxylation is 1. The van der Waals surface area contributed by atoms with Crippen molar-refractivity contribution in [2.45, 2.75) is 18.7 Å². The second-order valence-electron chi connectivity index (χ2n) is 4.99. The zero-order valence-electron chi connectivity index (χ0n) is 12.6. The Hall–Kier alpha value is -2.24. The number of hydrazone groups is 1. The predicted octanol–water partition coefficient (Wildman–Crippen LogP) is 3.92. The summed E-state index contributed by atoms with van der Waals surface area (Å²) in [7, 11) is -3.37. The lowest BCUT2D eigenvalue weighted by molar-refractivity contribution is 0.485. The first kappa shape index (κ1) is 16.1. The lowest BCUT2D eigenvalue weighted by Gasteiger charge is -2.02. The van der Waals surface area contributed by atoms with Crippen LogP contribution in [0.1, 0.15) is 18.1 Å². The van der Waals surface area contributed by atoms with E-state index in [-0.39, 0.29) is 0 Å².